The van der Waals surface area contributed by atoms with Crippen molar-refractivity contribution in [2.45, 2.75) is 95.4 Å². The van der Waals surface area contributed by atoms with Gasteiger partial charge < -0.3 is 25.8 Å². The molecule has 0 unspecified atom stereocenters. The van der Waals surface area contributed by atoms with Crippen molar-refractivity contribution in [1.29, 1.82) is 0 Å². The Morgan fingerprint density at radius 2 is 1.72 bits per heavy atom. The summed E-state index contributed by atoms with van der Waals surface area (Å²) >= 11 is 1.58. The molecule has 4 aliphatic rings. The first kappa shape index (κ1) is 37.3. The fourth-order valence-electron chi connectivity index (χ4n) is 6.86. The molecule has 11 nitrogen and oxygen atoms in total. The van der Waals surface area contributed by atoms with Crippen LogP contribution in [0.3, 0.4) is 0 Å². The summed E-state index contributed by atoms with van der Waals surface area (Å²) in [4.78, 5) is 75.0. The number of hydrogen-bond donors (Lipinski definition) is 3. The van der Waals surface area contributed by atoms with Crippen molar-refractivity contribution in [1.82, 2.24) is 30.7 Å². The largest absolute Gasteiger partial charge is 0.354 e. The van der Waals surface area contributed by atoms with Gasteiger partial charge in [-0.3, -0.25) is 24.0 Å². The standard InChI is InChI=1S/C36H48F2N6O5S/c1-24-29-20-30(45)41-28(9-5-6-16-39-34(49)26-7-3-2-4-8-26)19-32(47)44(22-31(46)40-21-25-10-14-36(37,38)15-11-25)23-33(48)43-17-12-27(13-18-43)35(42-29)50-24/h2-4,7-8,25,27-28H,5-6,9-23H2,1H3,(H,39,49)(H,40,46)(H,41,45)/t28-/m0/s1. The first-order valence-electron chi connectivity index (χ1n) is 17.7. The van der Waals surface area contributed by atoms with Crippen LogP contribution in [0.4, 0.5) is 8.78 Å². The Bertz CT molecular complexity index is 1500. The number of amides is 5. The van der Waals surface area contributed by atoms with Crippen molar-refractivity contribution in [3.05, 3.63) is 51.5 Å². The fraction of sp³-hybridized carbons (Fsp3) is 0.611. The van der Waals surface area contributed by atoms with Crippen LogP contribution in [0.2, 0.25) is 0 Å². The average Bonchev–Trinajstić information content (AvgIpc) is 3.46. The number of aromatic nitrogens is 1. The van der Waals surface area contributed by atoms with E-state index in [-0.39, 0.29) is 74.9 Å². The number of unbranched alkanes of at least 4 members (excludes halogenated alkanes) is 1. The summed E-state index contributed by atoms with van der Waals surface area (Å²) in [6, 6.07) is 8.32. The summed E-state index contributed by atoms with van der Waals surface area (Å²) in [6.07, 6.45) is 3.24. The minimum atomic E-state index is -2.67. The lowest BCUT2D eigenvalue weighted by Crippen LogP contribution is -2.50. The number of thiazole rings is 1. The second-order valence-electron chi connectivity index (χ2n) is 13.8. The minimum absolute atomic E-state index is 0.0712. The number of carbonyl (C=O) groups is 5. The number of hydrogen-bond acceptors (Lipinski definition) is 7. The highest BCUT2D eigenvalue weighted by Crippen LogP contribution is 2.36. The quantitative estimate of drug-likeness (QED) is 0.319. The lowest BCUT2D eigenvalue weighted by atomic mass is 9.87. The Hall–Kier alpha value is -3.94. The molecular formula is C36H48F2N6O5S. The van der Waals surface area contributed by atoms with Gasteiger partial charge in [0.15, 0.2) is 0 Å². The molecule has 1 saturated carbocycles. The number of nitrogens with one attached hydrogen (secondary N) is 3. The molecule has 1 atom stereocenters. The molecule has 6 rings (SSSR count). The van der Waals surface area contributed by atoms with Gasteiger partial charge in [0.1, 0.15) is 13.1 Å². The van der Waals surface area contributed by atoms with Gasteiger partial charge >= 0.3 is 0 Å². The number of halogens is 2. The molecule has 4 bridgehead atoms. The second-order valence-corrected chi connectivity index (χ2v) is 15.1. The van der Waals surface area contributed by atoms with E-state index in [1.54, 1.807) is 40.5 Å². The predicted octanol–water partition coefficient (Wildman–Crippen LogP) is 3.96. The lowest BCUT2D eigenvalue weighted by molar-refractivity contribution is -0.143. The molecule has 2 aromatic rings. The van der Waals surface area contributed by atoms with Gasteiger partial charge in [0.05, 0.1) is 17.1 Å². The van der Waals surface area contributed by atoms with Crippen LogP contribution >= 0.6 is 11.3 Å². The zero-order chi connectivity index (χ0) is 35.7. The molecule has 1 aromatic heterocycles. The summed E-state index contributed by atoms with van der Waals surface area (Å²) < 4.78 is 27.2. The number of nitrogens with zero attached hydrogens (tertiary/aromatic N) is 3. The molecule has 272 valence electrons. The molecule has 50 heavy (non-hydrogen) atoms. The predicted molar refractivity (Wildman–Crippen MR) is 185 cm³/mol. The number of carbonyl (C=O) groups excluding carboxylic acids is 5. The third-order valence-electron chi connectivity index (χ3n) is 9.96. The summed E-state index contributed by atoms with van der Waals surface area (Å²) in [7, 11) is 0. The Kier molecular flexibility index (Phi) is 12.9. The van der Waals surface area contributed by atoms with E-state index in [9.17, 15) is 32.8 Å². The van der Waals surface area contributed by atoms with Gasteiger partial charge in [0.25, 0.3) is 5.91 Å². The van der Waals surface area contributed by atoms with Crippen molar-refractivity contribution in [3.63, 3.8) is 0 Å². The Morgan fingerprint density at radius 1 is 1.00 bits per heavy atom. The number of fused-ring (bicyclic) bond motifs is 10. The summed E-state index contributed by atoms with van der Waals surface area (Å²) in [5.41, 5.74) is 1.27. The zero-order valence-corrected chi connectivity index (χ0v) is 29.5. The summed E-state index contributed by atoms with van der Waals surface area (Å²) in [5.74, 6) is -4.16. The van der Waals surface area contributed by atoms with E-state index >= 15 is 0 Å². The Morgan fingerprint density at radius 3 is 2.44 bits per heavy atom. The minimum Gasteiger partial charge on any atom is -0.354 e. The second kappa shape index (κ2) is 17.3. The first-order chi connectivity index (χ1) is 24.0. The van der Waals surface area contributed by atoms with Gasteiger partial charge in [0.2, 0.25) is 29.6 Å². The number of benzene rings is 1. The van der Waals surface area contributed by atoms with E-state index < -0.39 is 23.8 Å². The van der Waals surface area contributed by atoms with Crippen LogP contribution in [0.1, 0.15) is 96.1 Å². The Balaban J connectivity index is 1.25. The van der Waals surface area contributed by atoms with E-state index in [0.29, 0.717) is 75.8 Å². The smallest absolute Gasteiger partial charge is 0.251 e. The topological polar surface area (TPSA) is 141 Å². The SMILES string of the molecule is Cc1sc2nc1CC(=O)N[C@@H](CCCCNC(=O)c1ccccc1)CC(=O)N(CC(=O)NCC1CCC(F)(F)CC1)CC(=O)N1CCC2CC1. The highest BCUT2D eigenvalue weighted by Gasteiger charge is 2.35. The highest BCUT2D eigenvalue weighted by molar-refractivity contribution is 7.11. The third kappa shape index (κ3) is 10.8. The van der Waals surface area contributed by atoms with E-state index in [1.165, 1.54) is 4.90 Å². The van der Waals surface area contributed by atoms with Crippen molar-refractivity contribution in [3.8, 4) is 0 Å². The average molecular weight is 715 g/mol. The number of rotatable bonds is 10. The molecule has 1 saturated heterocycles. The maximum absolute atomic E-state index is 13.9. The maximum Gasteiger partial charge on any atom is 0.251 e. The monoisotopic (exact) mass is 714 g/mol. The molecule has 4 heterocycles. The van der Waals surface area contributed by atoms with Crippen molar-refractivity contribution < 1.29 is 32.8 Å². The van der Waals surface area contributed by atoms with Gasteiger partial charge in [0, 0.05) is 67.8 Å². The van der Waals surface area contributed by atoms with Crippen LogP contribution in [0, 0.1) is 12.8 Å². The van der Waals surface area contributed by atoms with Gasteiger partial charge in [-0.1, -0.05) is 18.2 Å². The molecule has 14 heteroatoms. The first-order valence-corrected chi connectivity index (χ1v) is 18.6. The molecule has 3 aliphatic heterocycles. The van der Waals surface area contributed by atoms with Gasteiger partial charge in [-0.15, -0.1) is 11.3 Å². The molecule has 5 amide bonds. The van der Waals surface area contributed by atoms with Crippen molar-refractivity contribution in [2.24, 2.45) is 5.92 Å². The molecule has 1 aromatic carbocycles. The van der Waals surface area contributed by atoms with Gasteiger partial charge in [-0.2, -0.15) is 0 Å². The number of aryl methyl sites for hydroxylation is 1. The van der Waals surface area contributed by atoms with Crippen LogP contribution in [0.15, 0.2) is 30.3 Å². The van der Waals surface area contributed by atoms with Crippen LogP contribution < -0.4 is 16.0 Å². The van der Waals surface area contributed by atoms with Crippen LogP contribution in [-0.2, 0) is 25.6 Å². The van der Waals surface area contributed by atoms with Crippen LogP contribution in [-0.4, -0.2) is 95.6 Å². The normalized spacial score (nSPS) is 20.9. The van der Waals surface area contributed by atoms with Crippen LogP contribution in [0.25, 0.3) is 0 Å². The highest BCUT2D eigenvalue weighted by atomic mass is 32.1. The lowest BCUT2D eigenvalue weighted by Gasteiger charge is -2.33. The molecular weight excluding hydrogens is 666 g/mol. The van der Waals surface area contributed by atoms with Crippen molar-refractivity contribution in [2.75, 3.05) is 39.3 Å². The molecule has 2 fully saturated rings. The van der Waals surface area contributed by atoms with E-state index in [2.05, 4.69) is 16.0 Å². The van der Waals surface area contributed by atoms with Gasteiger partial charge in [-0.05, 0) is 69.9 Å². The van der Waals surface area contributed by atoms with E-state index in [1.807, 2.05) is 13.0 Å². The van der Waals surface area contributed by atoms with Crippen LogP contribution in [0.5, 0.6) is 0 Å². The van der Waals surface area contributed by atoms with E-state index in [4.69, 9.17) is 4.98 Å². The number of piperidine rings is 1. The summed E-state index contributed by atoms with van der Waals surface area (Å²) in [5, 5.41) is 9.67. The van der Waals surface area contributed by atoms with Crippen molar-refractivity contribution >= 4 is 40.9 Å². The molecule has 0 radical (unpaired) electrons. The summed E-state index contributed by atoms with van der Waals surface area (Å²) in [6.45, 7) is 2.97. The van der Waals surface area contributed by atoms with E-state index in [0.717, 1.165) is 9.88 Å². The fourth-order valence-corrected chi connectivity index (χ4v) is 7.96. The zero-order valence-electron chi connectivity index (χ0n) is 28.7. The molecule has 3 N–H and O–H groups in total. The molecule has 0 spiro atoms. The Labute approximate surface area is 295 Å². The molecule has 1 aliphatic carbocycles. The maximum atomic E-state index is 13.9. The van der Waals surface area contributed by atoms with Gasteiger partial charge in [-0.25, -0.2) is 13.8 Å². The third-order valence-corrected chi connectivity index (χ3v) is 11.1. The number of alkyl halides is 2.